The highest BCUT2D eigenvalue weighted by Gasteiger charge is 2.55. The molecule has 16 heteroatoms. The molecule has 8 N–H and O–H groups in total. The predicted molar refractivity (Wildman–Crippen MR) is 201 cm³/mol. The molecule has 5 aliphatic carbocycles. The van der Waals surface area contributed by atoms with Crippen molar-refractivity contribution in [3.05, 3.63) is 53.1 Å². The lowest BCUT2D eigenvalue weighted by molar-refractivity contribution is -0.164. The van der Waals surface area contributed by atoms with E-state index in [1.54, 1.807) is 19.4 Å². The van der Waals surface area contributed by atoms with Crippen molar-refractivity contribution in [1.29, 1.82) is 0 Å². The van der Waals surface area contributed by atoms with Gasteiger partial charge in [-0.05, 0) is 98.4 Å². The number of amides is 2. The molecule has 300 valence electrons. The Hall–Kier alpha value is -3.83. The second-order valence-electron chi connectivity index (χ2n) is 15.8. The van der Waals surface area contributed by atoms with Crippen molar-refractivity contribution in [3.63, 3.8) is 0 Å². The summed E-state index contributed by atoms with van der Waals surface area (Å²) in [6.45, 7) is -0.0596. The highest BCUT2D eigenvalue weighted by atomic mass is 32.2. The number of esters is 1. The Balaban J connectivity index is 1.32. The Kier molecular flexibility index (Phi) is 13.0. The van der Waals surface area contributed by atoms with Crippen LogP contribution in [-0.4, -0.2) is 97.8 Å². The van der Waals surface area contributed by atoms with Gasteiger partial charge in [-0.2, -0.15) is 0 Å². The number of aliphatic carboxylic acids is 2. The van der Waals surface area contributed by atoms with Crippen molar-refractivity contribution in [2.75, 3.05) is 19.5 Å². The summed E-state index contributed by atoms with van der Waals surface area (Å²) in [5, 5.41) is 49.0. The number of nitrogens with zero attached hydrogens (tertiary/aromatic N) is 1. The highest BCUT2D eigenvalue weighted by Crippen LogP contribution is 2.61. The van der Waals surface area contributed by atoms with Gasteiger partial charge in [-0.25, -0.2) is 9.59 Å². The largest absolute Gasteiger partial charge is 0.478 e. The Morgan fingerprint density at radius 1 is 1.07 bits per heavy atom. The van der Waals surface area contributed by atoms with Crippen molar-refractivity contribution < 1.29 is 49.1 Å². The van der Waals surface area contributed by atoms with E-state index in [9.17, 15) is 44.4 Å². The van der Waals surface area contributed by atoms with Gasteiger partial charge in [-0.3, -0.25) is 24.7 Å². The van der Waals surface area contributed by atoms with Crippen molar-refractivity contribution in [2.45, 2.75) is 107 Å². The van der Waals surface area contributed by atoms with E-state index >= 15 is 0 Å². The fourth-order valence-electron chi connectivity index (χ4n) is 9.70. The van der Waals surface area contributed by atoms with Crippen LogP contribution in [0.5, 0.6) is 0 Å². The molecule has 0 saturated heterocycles. The van der Waals surface area contributed by atoms with Crippen molar-refractivity contribution in [3.8, 4) is 0 Å². The Labute approximate surface area is 324 Å². The maximum atomic E-state index is 13.9. The summed E-state index contributed by atoms with van der Waals surface area (Å²) in [5.74, 6) is -4.18. The van der Waals surface area contributed by atoms with Crippen LogP contribution in [-0.2, 0) is 35.1 Å². The summed E-state index contributed by atoms with van der Waals surface area (Å²) < 4.78 is 6.38. The van der Waals surface area contributed by atoms with Crippen LogP contribution in [0.15, 0.2) is 47.5 Å². The number of thioether (sulfide) groups is 1. The normalized spacial score (nSPS) is 27.7. The lowest BCUT2D eigenvalue weighted by atomic mass is 9.60. The number of fused-ring (bicyclic) bond motifs is 2. The van der Waals surface area contributed by atoms with Crippen LogP contribution < -0.4 is 21.3 Å². The molecule has 0 radical (unpaired) electrons. The minimum Gasteiger partial charge on any atom is -0.478 e. The number of nitrogens with one attached hydrogen (secondary N) is 4. The maximum Gasteiger partial charge on any atom is 0.353 e. The minimum absolute atomic E-state index is 0.0559. The van der Waals surface area contributed by atoms with E-state index in [0.717, 1.165) is 75.3 Å². The topological polar surface area (TPSA) is 237 Å². The molecule has 2 fully saturated rings. The summed E-state index contributed by atoms with van der Waals surface area (Å²) in [4.78, 5) is 68.3. The number of hydrogen-bond acceptors (Lipinski definition) is 12. The first-order valence-corrected chi connectivity index (χ1v) is 20.4. The molecule has 6 atom stereocenters. The van der Waals surface area contributed by atoms with Crippen LogP contribution >= 0.6 is 11.8 Å². The van der Waals surface area contributed by atoms with E-state index in [-0.39, 0.29) is 35.0 Å². The lowest BCUT2D eigenvalue weighted by Crippen LogP contribution is -2.56. The first-order valence-electron chi connectivity index (χ1n) is 19.3. The summed E-state index contributed by atoms with van der Waals surface area (Å²) in [6, 6.07) is 2.62. The van der Waals surface area contributed by atoms with E-state index in [1.807, 2.05) is 17.4 Å². The minimum atomic E-state index is -2.43. The van der Waals surface area contributed by atoms with Gasteiger partial charge in [-0.1, -0.05) is 37.3 Å². The number of allylic oxidation sites excluding steroid dienone is 1. The molecular formula is C39H53N5O10S. The number of carboxylic acids is 2. The maximum absolute atomic E-state index is 13.9. The zero-order chi connectivity index (χ0) is 39.3. The summed E-state index contributed by atoms with van der Waals surface area (Å²) >= 11 is 1.41. The number of aliphatic hydroxyl groups excluding tert-OH is 1. The Bertz CT molecular complexity index is 1680. The molecule has 2 amide bonds. The Morgan fingerprint density at radius 3 is 2.44 bits per heavy atom. The average Bonchev–Trinajstić information content (AvgIpc) is 3.79. The molecule has 15 nitrogen and oxygen atoms in total. The first kappa shape index (κ1) is 40.8. The third kappa shape index (κ3) is 9.09. The number of aliphatic hydroxyl groups is 2. The van der Waals surface area contributed by atoms with Crippen LogP contribution in [0.3, 0.4) is 0 Å². The molecule has 6 aliphatic rings. The molecule has 1 spiro atoms. The fourth-order valence-corrected chi connectivity index (χ4v) is 11.4. The molecule has 1 aliphatic heterocycles. The van der Waals surface area contributed by atoms with Crippen LogP contribution in [0.4, 0.5) is 0 Å². The standard InChI is InChI=1S/C39H53N5O10S/c1-40-21-42-39(53,37(51)52)13-8-29(45)43-28(33(46)44-34(47)35(48)49)20-55-32-31-30-25(17-22-4-6-26(7-5-22)38(32)11-2-3-12-38)18-24(19-27(30)36(50)54-31)16-23-9-14-41-15-10-23/h9-10,14-15,19,22,25-28,32,34,40,42,47,53H,2-8,11-13,16-18,20-21H2,1H3,(H,43,45)(H,44,46)(H,48,49)(H,51,52)/t22?,25-,26?,27+,28-,32-,34-,39+/m0/s1. The smallest absolute Gasteiger partial charge is 0.353 e. The molecule has 55 heavy (non-hydrogen) atoms. The van der Waals surface area contributed by atoms with E-state index in [1.165, 1.54) is 17.3 Å². The first-order chi connectivity index (χ1) is 26.3. The average molecular weight is 784 g/mol. The Morgan fingerprint density at radius 2 is 1.78 bits per heavy atom. The molecule has 2 bridgehead atoms. The van der Waals surface area contributed by atoms with Crippen molar-refractivity contribution in [1.82, 2.24) is 26.3 Å². The van der Waals surface area contributed by atoms with Gasteiger partial charge in [0.25, 0.3) is 0 Å². The molecule has 0 unspecified atom stereocenters. The predicted octanol–water partition coefficient (Wildman–Crippen LogP) is 2.19. The van der Waals surface area contributed by atoms with Crippen LogP contribution in [0, 0.1) is 29.1 Å². The van der Waals surface area contributed by atoms with Crippen LogP contribution in [0.2, 0.25) is 0 Å². The van der Waals surface area contributed by atoms with Gasteiger partial charge in [0.05, 0.1) is 5.25 Å². The molecule has 0 aromatic carbocycles. The van der Waals surface area contributed by atoms with Gasteiger partial charge in [0.1, 0.15) is 17.7 Å². The van der Waals surface area contributed by atoms with E-state index in [0.29, 0.717) is 24.0 Å². The number of ether oxygens (including phenoxy) is 1. The SMILES string of the molecule is CNCN[C@@](O)(CCC(=O)N[C@@H](CS[C@H]1C2=C3[C@H](CC(Cc4ccncc4)=C[C@H]3C(=O)O2)CC2CCC(CC2)C12CCCC2)C(=O)N[C@@H](O)C(=O)O)C(=O)O. The van der Waals surface area contributed by atoms with Gasteiger partial charge in [0.15, 0.2) is 0 Å². The molecule has 2 saturated carbocycles. The molecule has 1 aromatic heterocycles. The van der Waals surface area contributed by atoms with Crippen molar-refractivity contribution in [2.24, 2.45) is 29.1 Å². The number of pyridine rings is 1. The van der Waals surface area contributed by atoms with Crippen LogP contribution in [0.25, 0.3) is 0 Å². The number of hydrogen-bond donors (Lipinski definition) is 8. The molecule has 2 heterocycles. The number of rotatable bonds is 16. The van der Waals surface area contributed by atoms with Gasteiger partial charge >= 0.3 is 17.9 Å². The van der Waals surface area contributed by atoms with Gasteiger partial charge < -0.3 is 41.1 Å². The third-order valence-electron chi connectivity index (χ3n) is 12.4. The second kappa shape index (κ2) is 17.5. The molecular weight excluding hydrogens is 731 g/mol. The zero-order valence-corrected chi connectivity index (χ0v) is 31.9. The second-order valence-corrected chi connectivity index (χ2v) is 17.0. The van der Waals surface area contributed by atoms with E-state index in [4.69, 9.17) is 4.74 Å². The highest BCUT2D eigenvalue weighted by molar-refractivity contribution is 8.00. The number of carboxylic acid groups (broad SMARTS) is 2. The van der Waals surface area contributed by atoms with Gasteiger partial charge in [0.2, 0.25) is 23.8 Å². The van der Waals surface area contributed by atoms with E-state index in [2.05, 4.69) is 27.0 Å². The molecule has 1 aromatic rings. The van der Waals surface area contributed by atoms with Gasteiger partial charge in [-0.15, -0.1) is 11.8 Å². The van der Waals surface area contributed by atoms with Crippen molar-refractivity contribution >= 4 is 41.5 Å². The summed E-state index contributed by atoms with van der Waals surface area (Å²) in [5.41, 5.74) is 0.670. The van der Waals surface area contributed by atoms with Crippen LogP contribution in [0.1, 0.15) is 82.6 Å². The summed E-state index contributed by atoms with van der Waals surface area (Å²) in [6.07, 6.45) is 13.0. The number of carbonyl (C=O) groups is 5. The van der Waals surface area contributed by atoms with Gasteiger partial charge in [0, 0.05) is 37.7 Å². The quantitative estimate of drug-likeness (QED) is 0.0682. The monoisotopic (exact) mass is 783 g/mol. The lowest BCUT2D eigenvalue weighted by Gasteiger charge is -2.48. The number of carbonyl (C=O) groups excluding carboxylic acids is 3. The zero-order valence-electron chi connectivity index (χ0n) is 31.1. The third-order valence-corrected chi connectivity index (χ3v) is 13.9. The fraction of sp³-hybridized carbons (Fsp3) is 0.641. The molecule has 7 rings (SSSR count). The number of aromatic nitrogens is 1. The summed E-state index contributed by atoms with van der Waals surface area (Å²) in [7, 11) is 1.55. The van der Waals surface area contributed by atoms with E-state index < -0.39 is 60.5 Å².